The van der Waals surface area contributed by atoms with Crippen LogP contribution in [0.4, 0.5) is 8.78 Å². The Labute approximate surface area is 112 Å². The maximum Gasteiger partial charge on any atom is 0.261 e. The molecule has 0 fully saturated rings. The molecule has 0 saturated carbocycles. The van der Waals surface area contributed by atoms with Crippen LogP contribution in [0.5, 0.6) is 0 Å². The molecule has 0 aliphatic heterocycles. The third-order valence-corrected chi connectivity index (χ3v) is 3.59. The predicted molar refractivity (Wildman–Crippen MR) is 68.3 cm³/mol. The Morgan fingerprint density at radius 1 is 1.53 bits per heavy atom. The van der Waals surface area contributed by atoms with Gasteiger partial charge in [-0.25, -0.2) is 8.78 Å². The first-order chi connectivity index (χ1) is 8.89. The van der Waals surface area contributed by atoms with Crippen molar-refractivity contribution >= 4 is 0 Å². The first-order valence-corrected chi connectivity index (χ1v) is 6.61. The Kier molecular flexibility index (Phi) is 4.26. The lowest BCUT2D eigenvalue weighted by Gasteiger charge is -2.34. The second-order valence-electron chi connectivity index (χ2n) is 5.94. The van der Waals surface area contributed by atoms with E-state index in [1.165, 1.54) is 0 Å². The maximum atomic E-state index is 12.0. The van der Waals surface area contributed by atoms with E-state index in [0.717, 1.165) is 24.1 Å². The van der Waals surface area contributed by atoms with Gasteiger partial charge in [0.25, 0.3) is 6.43 Å². The zero-order chi connectivity index (χ0) is 14.0. The van der Waals surface area contributed by atoms with Crippen molar-refractivity contribution < 1.29 is 18.6 Å². The number of alkyl halides is 2. The van der Waals surface area contributed by atoms with Crippen LogP contribution in [-0.4, -0.2) is 29.3 Å². The second-order valence-corrected chi connectivity index (χ2v) is 5.94. The molecule has 1 aromatic heterocycles. The fourth-order valence-electron chi connectivity index (χ4n) is 2.73. The second kappa shape index (κ2) is 5.59. The van der Waals surface area contributed by atoms with E-state index in [1.807, 2.05) is 16.8 Å². The summed E-state index contributed by atoms with van der Waals surface area (Å²) in [6.45, 7) is 4.55. The summed E-state index contributed by atoms with van der Waals surface area (Å²) in [4.78, 5) is 0. The zero-order valence-corrected chi connectivity index (χ0v) is 11.4. The van der Waals surface area contributed by atoms with E-state index in [2.05, 4.69) is 13.8 Å². The number of hydrogen-bond acceptors (Lipinski definition) is 2. The molecule has 3 nitrogen and oxygen atoms in total. The lowest BCUT2D eigenvalue weighted by Crippen LogP contribution is -2.27. The average molecular weight is 273 g/mol. The van der Waals surface area contributed by atoms with Crippen LogP contribution in [0.2, 0.25) is 0 Å². The molecule has 1 aliphatic rings. The van der Waals surface area contributed by atoms with Gasteiger partial charge in [0.05, 0.1) is 12.7 Å². The first-order valence-electron chi connectivity index (χ1n) is 6.61. The van der Waals surface area contributed by atoms with Crippen LogP contribution in [0, 0.1) is 5.41 Å². The minimum Gasteiger partial charge on any atom is -0.388 e. The third kappa shape index (κ3) is 3.54. The summed E-state index contributed by atoms with van der Waals surface area (Å²) in [7, 11) is 0. The number of halogens is 2. The number of aliphatic hydroxyl groups excluding tert-OH is 1. The van der Waals surface area contributed by atoms with Crippen molar-refractivity contribution in [1.82, 2.24) is 4.57 Å². The highest BCUT2D eigenvalue weighted by molar-refractivity contribution is 5.29. The van der Waals surface area contributed by atoms with Crippen LogP contribution >= 0.6 is 0 Å². The fourth-order valence-corrected chi connectivity index (χ4v) is 2.73. The van der Waals surface area contributed by atoms with Gasteiger partial charge in [-0.3, -0.25) is 0 Å². The van der Waals surface area contributed by atoms with Crippen LogP contribution < -0.4 is 0 Å². The van der Waals surface area contributed by atoms with Gasteiger partial charge in [-0.2, -0.15) is 0 Å². The highest BCUT2D eigenvalue weighted by Gasteiger charge is 2.32. The van der Waals surface area contributed by atoms with Crippen molar-refractivity contribution in [3.05, 3.63) is 23.5 Å². The van der Waals surface area contributed by atoms with Gasteiger partial charge in [-0.05, 0) is 24.3 Å². The SMILES string of the molecule is CC1(C)Cc2c(ccn2CCOCC(F)F)C(O)C1. The number of ether oxygens (including phenoxy) is 1. The zero-order valence-electron chi connectivity index (χ0n) is 11.4. The molecule has 1 aliphatic carbocycles. The van der Waals surface area contributed by atoms with Crippen molar-refractivity contribution in [2.45, 2.75) is 45.8 Å². The minimum absolute atomic E-state index is 0.0619. The van der Waals surface area contributed by atoms with Gasteiger partial charge >= 0.3 is 0 Å². The summed E-state index contributed by atoms with van der Waals surface area (Å²) in [5, 5.41) is 10.1. The Bertz CT molecular complexity index is 429. The number of rotatable bonds is 5. The molecule has 1 aromatic rings. The molecule has 108 valence electrons. The number of aliphatic hydroxyl groups is 1. The smallest absolute Gasteiger partial charge is 0.261 e. The topological polar surface area (TPSA) is 34.4 Å². The van der Waals surface area contributed by atoms with Crippen molar-refractivity contribution in [1.29, 1.82) is 0 Å². The van der Waals surface area contributed by atoms with Gasteiger partial charge in [0.1, 0.15) is 6.61 Å². The summed E-state index contributed by atoms with van der Waals surface area (Å²) < 4.78 is 30.8. The molecule has 0 aromatic carbocycles. The van der Waals surface area contributed by atoms with Gasteiger partial charge in [-0.1, -0.05) is 13.8 Å². The number of aromatic nitrogens is 1. The Hall–Kier alpha value is -0.940. The summed E-state index contributed by atoms with van der Waals surface area (Å²) >= 11 is 0. The largest absolute Gasteiger partial charge is 0.388 e. The van der Waals surface area contributed by atoms with E-state index >= 15 is 0 Å². The molecular weight excluding hydrogens is 252 g/mol. The molecule has 0 radical (unpaired) electrons. The van der Waals surface area contributed by atoms with Gasteiger partial charge in [0.15, 0.2) is 0 Å². The highest BCUT2D eigenvalue weighted by Crippen LogP contribution is 2.40. The first kappa shape index (κ1) is 14.5. The summed E-state index contributed by atoms with van der Waals surface area (Å²) in [5.41, 5.74) is 2.13. The van der Waals surface area contributed by atoms with Crippen LogP contribution in [-0.2, 0) is 17.7 Å². The summed E-state index contributed by atoms with van der Waals surface area (Å²) in [6, 6.07) is 1.92. The molecule has 1 heterocycles. The lowest BCUT2D eigenvalue weighted by atomic mass is 9.75. The average Bonchev–Trinajstić information content (AvgIpc) is 2.66. The quantitative estimate of drug-likeness (QED) is 0.837. The molecule has 0 bridgehead atoms. The van der Waals surface area contributed by atoms with E-state index < -0.39 is 19.1 Å². The number of nitrogens with zero attached hydrogens (tertiary/aromatic N) is 1. The van der Waals surface area contributed by atoms with Crippen molar-refractivity contribution in [2.24, 2.45) is 5.41 Å². The molecule has 1 unspecified atom stereocenters. The minimum atomic E-state index is -2.42. The molecule has 0 saturated heterocycles. The van der Waals surface area contributed by atoms with E-state index in [0.29, 0.717) is 6.54 Å². The van der Waals surface area contributed by atoms with Crippen molar-refractivity contribution in [2.75, 3.05) is 13.2 Å². The lowest BCUT2D eigenvalue weighted by molar-refractivity contribution is 0.0143. The fraction of sp³-hybridized carbons (Fsp3) is 0.714. The standard InChI is InChI=1S/C14H21F2NO2/c1-14(2)7-11-10(12(18)8-14)3-4-17(11)5-6-19-9-13(15)16/h3-4,12-13,18H,5-9H2,1-2H3. The highest BCUT2D eigenvalue weighted by atomic mass is 19.3. The summed E-state index contributed by atoms with van der Waals surface area (Å²) in [5.74, 6) is 0. The van der Waals surface area contributed by atoms with Crippen molar-refractivity contribution in [3.63, 3.8) is 0 Å². The molecule has 0 amide bonds. The number of fused-ring (bicyclic) bond motifs is 1. The van der Waals surface area contributed by atoms with Gasteiger partial charge in [0.2, 0.25) is 0 Å². The van der Waals surface area contributed by atoms with Crippen LogP contribution in [0.25, 0.3) is 0 Å². The van der Waals surface area contributed by atoms with E-state index in [1.54, 1.807) is 0 Å². The molecular formula is C14H21F2NO2. The van der Waals surface area contributed by atoms with Gasteiger partial charge < -0.3 is 14.4 Å². The van der Waals surface area contributed by atoms with E-state index in [9.17, 15) is 13.9 Å². The van der Waals surface area contributed by atoms with Crippen LogP contribution in [0.1, 0.15) is 37.6 Å². The summed E-state index contributed by atoms with van der Waals surface area (Å²) in [6.07, 6.45) is 0.704. The van der Waals surface area contributed by atoms with E-state index in [4.69, 9.17) is 4.74 Å². The molecule has 1 N–H and O–H groups in total. The molecule has 19 heavy (non-hydrogen) atoms. The number of hydrogen-bond donors (Lipinski definition) is 1. The van der Waals surface area contributed by atoms with Crippen LogP contribution in [0.15, 0.2) is 12.3 Å². The maximum absolute atomic E-state index is 12.0. The molecule has 1 atom stereocenters. The van der Waals surface area contributed by atoms with Crippen molar-refractivity contribution in [3.8, 4) is 0 Å². The predicted octanol–water partition coefficient (Wildman–Crippen LogP) is 2.78. The van der Waals surface area contributed by atoms with E-state index in [-0.39, 0.29) is 12.0 Å². The van der Waals surface area contributed by atoms with Gasteiger partial charge in [0, 0.05) is 24.0 Å². The normalized spacial score (nSPS) is 21.7. The molecule has 0 spiro atoms. The Balaban J connectivity index is 2.00. The third-order valence-electron chi connectivity index (χ3n) is 3.59. The van der Waals surface area contributed by atoms with Gasteiger partial charge in [-0.15, -0.1) is 0 Å². The molecule has 2 rings (SSSR count). The Morgan fingerprint density at radius 2 is 2.26 bits per heavy atom. The Morgan fingerprint density at radius 3 is 2.95 bits per heavy atom. The van der Waals surface area contributed by atoms with Crippen LogP contribution in [0.3, 0.4) is 0 Å². The molecule has 5 heteroatoms. The monoisotopic (exact) mass is 273 g/mol.